The molecule has 0 aliphatic heterocycles. The predicted molar refractivity (Wildman–Crippen MR) is 68.7 cm³/mol. The van der Waals surface area contributed by atoms with E-state index >= 15 is 0 Å². The Kier molecular flexibility index (Phi) is 3.97. The van der Waals surface area contributed by atoms with Crippen molar-refractivity contribution in [2.24, 2.45) is 4.99 Å². The first-order chi connectivity index (χ1) is 8.66. The van der Waals surface area contributed by atoms with Crippen molar-refractivity contribution >= 4 is 17.3 Å². The highest BCUT2D eigenvalue weighted by atomic mass is 16.1. The van der Waals surface area contributed by atoms with Crippen LogP contribution in [0.1, 0.15) is 38.3 Å². The number of rotatable bonds is 4. The summed E-state index contributed by atoms with van der Waals surface area (Å²) in [6, 6.07) is 5.21. The molecule has 4 nitrogen and oxygen atoms in total. The van der Waals surface area contributed by atoms with Crippen LogP contribution in [-0.2, 0) is 9.59 Å². The van der Waals surface area contributed by atoms with Crippen LogP contribution in [0.3, 0.4) is 0 Å². The third kappa shape index (κ3) is 3.09. The van der Waals surface area contributed by atoms with Gasteiger partial charge in [-0.15, -0.1) is 0 Å². The molecule has 1 atom stereocenters. The van der Waals surface area contributed by atoms with Gasteiger partial charge in [-0.25, -0.2) is 0 Å². The molecular formula is C14H16N2O2. The Hall–Kier alpha value is -1.84. The molecule has 0 aromatic carbocycles. The highest BCUT2D eigenvalue weighted by molar-refractivity contribution is 6.10. The topological polar surface area (TPSA) is 59.4 Å². The molecule has 1 aromatic heterocycles. The Morgan fingerprint density at radius 1 is 1.50 bits per heavy atom. The molecule has 4 heteroatoms. The molecule has 18 heavy (non-hydrogen) atoms. The quantitative estimate of drug-likeness (QED) is 0.761. The van der Waals surface area contributed by atoms with Crippen LogP contribution >= 0.6 is 0 Å². The summed E-state index contributed by atoms with van der Waals surface area (Å²) in [5, 5.41) is 0. The van der Waals surface area contributed by atoms with Gasteiger partial charge in [-0.3, -0.25) is 19.6 Å². The van der Waals surface area contributed by atoms with Crippen molar-refractivity contribution in [3.05, 3.63) is 30.1 Å². The molecule has 1 unspecified atom stereocenters. The molecule has 94 valence electrons. The molecule has 0 bridgehead atoms. The molecule has 1 aliphatic carbocycles. The van der Waals surface area contributed by atoms with Gasteiger partial charge in [-0.05, 0) is 31.9 Å². The van der Waals surface area contributed by atoms with E-state index in [0.717, 1.165) is 12.8 Å². The standard InChI is InChI=1S/C14H16N2O2/c1-10(17)9-13(11-5-2-3-8-15-11)16-12-6-4-7-14(12)18/h2-3,5,8,12H,4,6-7,9H2,1H3/b16-13-. The van der Waals surface area contributed by atoms with Gasteiger partial charge in [-0.2, -0.15) is 0 Å². The monoisotopic (exact) mass is 244 g/mol. The SMILES string of the molecule is CC(=O)C/C(=N/C1CCCC1=O)c1ccccn1. The number of Topliss-reactive ketones (excluding diaryl/α,β-unsaturated/α-hetero) is 2. The maximum atomic E-state index is 11.6. The van der Waals surface area contributed by atoms with Crippen molar-refractivity contribution in [3.8, 4) is 0 Å². The second kappa shape index (κ2) is 5.67. The first kappa shape index (κ1) is 12.6. The number of carbonyl (C=O) groups excluding carboxylic acids is 2. The van der Waals surface area contributed by atoms with Gasteiger partial charge in [-0.1, -0.05) is 6.07 Å². The van der Waals surface area contributed by atoms with Gasteiger partial charge in [0.1, 0.15) is 11.8 Å². The van der Waals surface area contributed by atoms with Crippen LogP contribution < -0.4 is 0 Å². The molecule has 0 N–H and O–H groups in total. The minimum atomic E-state index is -0.277. The van der Waals surface area contributed by atoms with Gasteiger partial charge in [0.2, 0.25) is 0 Å². The van der Waals surface area contributed by atoms with Gasteiger partial charge in [0, 0.05) is 12.6 Å². The Balaban J connectivity index is 2.27. The van der Waals surface area contributed by atoms with Crippen molar-refractivity contribution in [1.82, 2.24) is 4.98 Å². The number of pyridine rings is 1. The summed E-state index contributed by atoms with van der Waals surface area (Å²) in [4.78, 5) is 31.6. The number of hydrogen-bond acceptors (Lipinski definition) is 4. The number of nitrogens with zero attached hydrogens (tertiary/aromatic N) is 2. The Bertz CT molecular complexity index is 480. The molecule has 0 amide bonds. The van der Waals surface area contributed by atoms with E-state index in [4.69, 9.17) is 0 Å². The van der Waals surface area contributed by atoms with Crippen molar-refractivity contribution in [1.29, 1.82) is 0 Å². The van der Waals surface area contributed by atoms with E-state index in [-0.39, 0.29) is 24.0 Å². The zero-order chi connectivity index (χ0) is 13.0. The fourth-order valence-corrected chi connectivity index (χ4v) is 2.09. The van der Waals surface area contributed by atoms with Gasteiger partial charge < -0.3 is 0 Å². The molecular weight excluding hydrogens is 228 g/mol. The fourth-order valence-electron chi connectivity index (χ4n) is 2.09. The largest absolute Gasteiger partial charge is 0.300 e. The second-order valence-electron chi connectivity index (χ2n) is 4.54. The van der Waals surface area contributed by atoms with Crippen molar-refractivity contribution in [2.45, 2.75) is 38.6 Å². The summed E-state index contributed by atoms with van der Waals surface area (Å²) >= 11 is 0. The van der Waals surface area contributed by atoms with Gasteiger partial charge in [0.25, 0.3) is 0 Å². The van der Waals surface area contributed by atoms with Crippen molar-refractivity contribution in [2.75, 3.05) is 0 Å². The molecule has 0 spiro atoms. The van der Waals surface area contributed by atoms with E-state index in [0.29, 0.717) is 17.8 Å². The number of aliphatic imine (C=N–C) groups is 1. The summed E-state index contributed by atoms with van der Waals surface area (Å²) in [5.74, 6) is 0.205. The molecule has 1 heterocycles. The lowest BCUT2D eigenvalue weighted by molar-refractivity contribution is -0.118. The first-order valence-corrected chi connectivity index (χ1v) is 6.17. The van der Waals surface area contributed by atoms with Crippen LogP contribution in [-0.4, -0.2) is 28.3 Å². The van der Waals surface area contributed by atoms with Crippen LogP contribution in [0.15, 0.2) is 29.4 Å². The zero-order valence-electron chi connectivity index (χ0n) is 10.4. The lowest BCUT2D eigenvalue weighted by atomic mass is 10.1. The summed E-state index contributed by atoms with van der Waals surface area (Å²) in [6.07, 6.45) is 4.18. The first-order valence-electron chi connectivity index (χ1n) is 6.17. The molecule has 0 saturated heterocycles. The maximum Gasteiger partial charge on any atom is 0.157 e. The van der Waals surface area contributed by atoms with E-state index in [1.807, 2.05) is 18.2 Å². The van der Waals surface area contributed by atoms with Crippen LogP contribution in [0.25, 0.3) is 0 Å². The third-order valence-corrected chi connectivity index (χ3v) is 2.96. The maximum absolute atomic E-state index is 11.6. The van der Waals surface area contributed by atoms with Crippen molar-refractivity contribution < 1.29 is 9.59 Å². The number of carbonyl (C=O) groups is 2. The van der Waals surface area contributed by atoms with E-state index in [9.17, 15) is 9.59 Å². The van der Waals surface area contributed by atoms with Gasteiger partial charge in [0.15, 0.2) is 5.78 Å². The van der Waals surface area contributed by atoms with Crippen LogP contribution in [0, 0.1) is 0 Å². The Morgan fingerprint density at radius 3 is 2.89 bits per heavy atom. The molecule has 1 saturated carbocycles. The number of ketones is 2. The van der Waals surface area contributed by atoms with E-state index in [1.54, 1.807) is 6.20 Å². The fraction of sp³-hybridized carbons (Fsp3) is 0.429. The number of aromatic nitrogens is 1. The summed E-state index contributed by atoms with van der Waals surface area (Å²) < 4.78 is 0. The molecule has 2 rings (SSSR count). The number of hydrogen-bond donors (Lipinski definition) is 0. The van der Waals surface area contributed by atoms with Crippen LogP contribution in [0.2, 0.25) is 0 Å². The molecule has 1 aromatic rings. The van der Waals surface area contributed by atoms with Gasteiger partial charge in [0.05, 0.1) is 17.8 Å². The highest BCUT2D eigenvalue weighted by Gasteiger charge is 2.24. The normalized spacial score (nSPS) is 20.2. The van der Waals surface area contributed by atoms with Gasteiger partial charge >= 0.3 is 0 Å². The zero-order valence-corrected chi connectivity index (χ0v) is 10.4. The average Bonchev–Trinajstić information content (AvgIpc) is 2.75. The van der Waals surface area contributed by atoms with Crippen LogP contribution in [0.4, 0.5) is 0 Å². The van der Waals surface area contributed by atoms with E-state index < -0.39 is 0 Å². The lowest BCUT2D eigenvalue weighted by Crippen LogP contribution is -2.17. The van der Waals surface area contributed by atoms with Crippen molar-refractivity contribution in [3.63, 3.8) is 0 Å². The third-order valence-electron chi connectivity index (χ3n) is 2.96. The molecule has 1 aliphatic rings. The lowest BCUT2D eigenvalue weighted by Gasteiger charge is -2.07. The minimum Gasteiger partial charge on any atom is -0.300 e. The Morgan fingerprint density at radius 2 is 2.33 bits per heavy atom. The summed E-state index contributed by atoms with van der Waals surface area (Å²) in [7, 11) is 0. The smallest absolute Gasteiger partial charge is 0.157 e. The van der Waals surface area contributed by atoms with Crippen LogP contribution in [0.5, 0.6) is 0 Å². The summed E-state index contributed by atoms with van der Waals surface area (Å²) in [6.45, 7) is 1.52. The molecule has 0 radical (unpaired) electrons. The summed E-state index contributed by atoms with van der Waals surface area (Å²) in [5.41, 5.74) is 1.32. The minimum absolute atomic E-state index is 0.0323. The second-order valence-corrected chi connectivity index (χ2v) is 4.54. The predicted octanol–water partition coefficient (Wildman–Crippen LogP) is 1.97. The molecule has 1 fully saturated rings. The Labute approximate surface area is 106 Å². The van der Waals surface area contributed by atoms with E-state index in [1.165, 1.54) is 6.92 Å². The van der Waals surface area contributed by atoms with E-state index in [2.05, 4.69) is 9.98 Å². The highest BCUT2D eigenvalue weighted by Crippen LogP contribution is 2.19. The average molecular weight is 244 g/mol.